The molecule has 4 heterocycles. The fourth-order valence-electron chi connectivity index (χ4n) is 5.34. The van der Waals surface area contributed by atoms with Crippen LogP contribution in [-0.4, -0.2) is 57.8 Å². The number of aryl methyl sites for hydroxylation is 2. The van der Waals surface area contributed by atoms with E-state index < -0.39 is 0 Å². The predicted octanol–water partition coefficient (Wildman–Crippen LogP) is 3.33. The molecule has 7 heteroatoms. The minimum Gasteiger partial charge on any atom is -0.342 e. The minimum absolute atomic E-state index is 0.0267. The summed E-state index contributed by atoms with van der Waals surface area (Å²) in [6.07, 6.45) is 5.36. The topological polar surface area (TPSA) is 69.6 Å². The van der Waals surface area contributed by atoms with E-state index in [1.54, 1.807) is 0 Å². The summed E-state index contributed by atoms with van der Waals surface area (Å²) >= 11 is 0. The summed E-state index contributed by atoms with van der Waals surface area (Å²) in [4.78, 5) is 41.6. The second-order valence-electron chi connectivity index (χ2n) is 9.65. The maximum Gasteiger partial charge on any atom is 0.236 e. The van der Waals surface area contributed by atoms with Gasteiger partial charge in [0.15, 0.2) is 0 Å². The standard InChI is InChI=1S/C26H33N5O2/c1-18-7-9-20(10-8-18)16-31-23(32)12-11-21-19(2)27-25(28-26(21)31)22-6-5-15-30(22)17-24(33)29-13-3-4-14-29/h7-10,22H,3-6,11-17H2,1-2H3/t22-/m0/s1. The molecule has 174 valence electrons. The van der Waals surface area contributed by atoms with Crippen LogP contribution in [0.25, 0.3) is 0 Å². The Bertz CT molecular complexity index is 1050. The lowest BCUT2D eigenvalue weighted by molar-refractivity contribution is -0.131. The molecule has 1 aromatic heterocycles. The van der Waals surface area contributed by atoms with Crippen LogP contribution in [0, 0.1) is 13.8 Å². The van der Waals surface area contributed by atoms with Crippen molar-refractivity contribution in [2.75, 3.05) is 31.1 Å². The Morgan fingerprint density at radius 3 is 2.52 bits per heavy atom. The van der Waals surface area contributed by atoms with Crippen LogP contribution >= 0.6 is 0 Å². The molecule has 2 saturated heterocycles. The number of fused-ring (bicyclic) bond motifs is 1. The van der Waals surface area contributed by atoms with E-state index >= 15 is 0 Å². The molecule has 33 heavy (non-hydrogen) atoms. The summed E-state index contributed by atoms with van der Waals surface area (Å²) < 4.78 is 0. The summed E-state index contributed by atoms with van der Waals surface area (Å²) in [5.74, 6) is 1.83. The van der Waals surface area contributed by atoms with E-state index in [-0.39, 0.29) is 17.9 Å². The lowest BCUT2D eigenvalue weighted by atomic mass is 10.0. The Kier molecular flexibility index (Phi) is 6.15. The molecule has 0 spiro atoms. The van der Waals surface area contributed by atoms with Crippen molar-refractivity contribution >= 4 is 17.6 Å². The Morgan fingerprint density at radius 2 is 1.76 bits per heavy atom. The van der Waals surface area contributed by atoms with Gasteiger partial charge in [-0.05, 0) is 58.1 Å². The smallest absolute Gasteiger partial charge is 0.236 e. The number of nitrogens with zero attached hydrogens (tertiary/aromatic N) is 5. The summed E-state index contributed by atoms with van der Waals surface area (Å²) in [6.45, 7) is 7.67. The van der Waals surface area contributed by atoms with Gasteiger partial charge in [-0.2, -0.15) is 0 Å². The van der Waals surface area contributed by atoms with Crippen LogP contribution in [-0.2, 0) is 22.6 Å². The zero-order valence-corrected chi connectivity index (χ0v) is 19.7. The number of likely N-dealkylation sites (tertiary alicyclic amines) is 2. The fourth-order valence-corrected chi connectivity index (χ4v) is 5.34. The zero-order chi connectivity index (χ0) is 22.9. The fraction of sp³-hybridized carbons (Fsp3) is 0.538. The highest BCUT2D eigenvalue weighted by Crippen LogP contribution is 2.35. The van der Waals surface area contributed by atoms with Gasteiger partial charge < -0.3 is 4.90 Å². The average molecular weight is 448 g/mol. The number of hydrogen-bond donors (Lipinski definition) is 0. The van der Waals surface area contributed by atoms with Crippen LogP contribution in [0.3, 0.4) is 0 Å². The van der Waals surface area contributed by atoms with Crippen LogP contribution < -0.4 is 4.90 Å². The highest BCUT2D eigenvalue weighted by molar-refractivity contribution is 5.95. The molecule has 3 aliphatic rings. The number of carbonyl (C=O) groups excluding carboxylic acids is 2. The van der Waals surface area contributed by atoms with Gasteiger partial charge in [0.25, 0.3) is 0 Å². The van der Waals surface area contributed by atoms with E-state index in [1.165, 1.54) is 5.56 Å². The Hall–Kier alpha value is -2.80. The third-order valence-corrected chi connectivity index (χ3v) is 7.28. The number of aromatic nitrogens is 2. The van der Waals surface area contributed by atoms with Gasteiger partial charge in [-0.25, -0.2) is 9.97 Å². The summed E-state index contributed by atoms with van der Waals surface area (Å²) in [7, 11) is 0. The van der Waals surface area contributed by atoms with Crippen LogP contribution in [0.5, 0.6) is 0 Å². The Morgan fingerprint density at radius 1 is 1.00 bits per heavy atom. The molecule has 1 aromatic carbocycles. The highest BCUT2D eigenvalue weighted by Gasteiger charge is 2.34. The van der Waals surface area contributed by atoms with Gasteiger partial charge in [-0.1, -0.05) is 29.8 Å². The first kappa shape index (κ1) is 22.0. The third-order valence-electron chi connectivity index (χ3n) is 7.28. The van der Waals surface area contributed by atoms with Crippen molar-refractivity contribution < 1.29 is 9.59 Å². The van der Waals surface area contributed by atoms with Crippen LogP contribution in [0.1, 0.15) is 66.4 Å². The molecule has 0 N–H and O–H groups in total. The normalized spacial score (nSPS) is 21.0. The summed E-state index contributed by atoms with van der Waals surface area (Å²) in [5.41, 5.74) is 4.32. The average Bonchev–Trinajstić information content (AvgIpc) is 3.49. The number of anilines is 1. The Balaban J connectivity index is 1.41. The molecular weight excluding hydrogens is 414 g/mol. The first-order valence-electron chi connectivity index (χ1n) is 12.2. The SMILES string of the molecule is Cc1ccc(CN2C(=O)CCc3c(C)nc([C@@H]4CCCN4CC(=O)N4CCCC4)nc32)cc1. The van der Waals surface area contributed by atoms with Gasteiger partial charge in [0.1, 0.15) is 11.6 Å². The Labute approximate surface area is 195 Å². The van der Waals surface area contributed by atoms with E-state index in [4.69, 9.17) is 9.97 Å². The van der Waals surface area contributed by atoms with E-state index in [9.17, 15) is 9.59 Å². The molecule has 1 atom stereocenters. The van der Waals surface area contributed by atoms with Gasteiger partial charge >= 0.3 is 0 Å². The first-order valence-corrected chi connectivity index (χ1v) is 12.2. The maximum atomic E-state index is 12.9. The van der Waals surface area contributed by atoms with Crippen LogP contribution in [0.2, 0.25) is 0 Å². The molecule has 7 nitrogen and oxygen atoms in total. The molecular formula is C26H33N5O2. The second-order valence-corrected chi connectivity index (χ2v) is 9.65. The molecule has 0 bridgehead atoms. The monoisotopic (exact) mass is 447 g/mol. The molecule has 2 aromatic rings. The lowest BCUT2D eigenvalue weighted by Gasteiger charge is -2.31. The van der Waals surface area contributed by atoms with Crippen LogP contribution in [0.15, 0.2) is 24.3 Å². The van der Waals surface area contributed by atoms with Crippen molar-refractivity contribution in [1.29, 1.82) is 0 Å². The molecule has 0 unspecified atom stereocenters. The van der Waals surface area contributed by atoms with Crippen molar-refractivity contribution in [2.45, 2.75) is 65.0 Å². The van der Waals surface area contributed by atoms with Crippen molar-refractivity contribution in [3.8, 4) is 0 Å². The molecule has 2 fully saturated rings. The van der Waals surface area contributed by atoms with E-state index in [1.807, 2.05) is 16.7 Å². The van der Waals surface area contributed by atoms with Crippen molar-refractivity contribution in [1.82, 2.24) is 19.8 Å². The highest BCUT2D eigenvalue weighted by atomic mass is 16.2. The van der Waals surface area contributed by atoms with E-state index in [0.29, 0.717) is 25.9 Å². The number of carbonyl (C=O) groups is 2. The molecule has 0 aliphatic carbocycles. The predicted molar refractivity (Wildman–Crippen MR) is 127 cm³/mol. The van der Waals surface area contributed by atoms with Crippen molar-refractivity contribution in [3.63, 3.8) is 0 Å². The lowest BCUT2D eigenvalue weighted by Crippen LogP contribution is -2.39. The molecule has 0 radical (unpaired) electrons. The van der Waals surface area contributed by atoms with Gasteiger partial charge in [0.05, 0.1) is 19.1 Å². The number of hydrogen-bond acceptors (Lipinski definition) is 5. The van der Waals surface area contributed by atoms with Crippen molar-refractivity contribution in [3.05, 3.63) is 52.5 Å². The maximum absolute atomic E-state index is 12.9. The van der Waals surface area contributed by atoms with E-state index in [0.717, 1.165) is 73.8 Å². The van der Waals surface area contributed by atoms with E-state index in [2.05, 4.69) is 36.1 Å². The van der Waals surface area contributed by atoms with Crippen molar-refractivity contribution in [2.24, 2.45) is 0 Å². The minimum atomic E-state index is 0.0267. The van der Waals surface area contributed by atoms with Gasteiger partial charge in [-0.15, -0.1) is 0 Å². The second kappa shape index (κ2) is 9.21. The van der Waals surface area contributed by atoms with Gasteiger partial charge in [0.2, 0.25) is 11.8 Å². The van der Waals surface area contributed by atoms with Gasteiger partial charge in [0, 0.05) is 30.8 Å². The third kappa shape index (κ3) is 4.51. The summed E-state index contributed by atoms with van der Waals surface area (Å²) in [6, 6.07) is 8.34. The number of amides is 2. The number of benzene rings is 1. The largest absolute Gasteiger partial charge is 0.342 e. The molecule has 0 saturated carbocycles. The first-order chi connectivity index (χ1) is 16.0. The zero-order valence-electron chi connectivity index (χ0n) is 19.7. The summed E-state index contributed by atoms with van der Waals surface area (Å²) in [5, 5.41) is 0. The molecule has 2 amide bonds. The number of rotatable bonds is 5. The van der Waals surface area contributed by atoms with Gasteiger partial charge in [-0.3, -0.25) is 19.4 Å². The molecule has 3 aliphatic heterocycles. The quantitative estimate of drug-likeness (QED) is 0.703. The molecule has 5 rings (SSSR count). The van der Waals surface area contributed by atoms with Crippen LogP contribution in [0.4, 0.5) is 5.82 Å².